The SMILES string of the molecule is CCN1CCC2CCC(C1)N2C(=O)Nc1cncc(C(=O)OC)c1. The Morgan fingerprint density at radius 3 is 2.83 bits per heavy atom. The topological polar surface area (TPSA) is 74.8 Å². The molecule has 0 aromatic carbocycles. The third-order valence-electron chi connectivity index (χ3n) is 4.96. The van der Waals surface area contributed by atoms with Crippen LogP contribution in [-0.4, -0.2) is 65.6 Å². The Balaban J connectivity index is 1.72. The molecule has 1 aromatic heterocycles. The molecule has 2 unspecified atom stereocenters. The molecule has 2 amide bonds. The fourth-order valence-corrected chi connectivity index (χ4v) is 3.69. The van der Waals surface area contributed by atoms with E-state index in [1.807, 2.05) is 4.90 Å². The lowest BCUT2D eigenvalue weighted by atomic mass is 10.1. The van der Waals surface area contributed by atoms with Crippen molar-refractivity contribution >= 4 is 17.7 Å². The van der Waals surface area contributed by atoms with Crippen LogP contribution >= 0.6 is 0 Å². The number of pyridine rings is 1. The average molecular weight is 332 g/mol. The van der Waals surface area contributed by atoms with Crippen LogP contribution in [0.2, 0.25) is 0 Å². The zero-order valence-corrected chi connectivity index (χ0v) is 14.2. The van der Waals surface area contributed by atoms with E-state index in [0.717, 1.165) is 38.9 Å². The second kappa shape index (κ2) is 7.17. The van der Waals surface area contributed by atoms with Crippen LogP contribution in [0, 0.1) is 0 Å². The molecule has 2 bridgehead atoms. The Bertz CT molecular complexity index is 622. The number of hydrogen-bond donors (Lipinski definition) is 1. The molecule has 0 aliphatic carbocycles. The van der Waals surface area contributed by atoms with Crippen LogP contribution in [-0.2, 0) is 4.74 Å². The number of carbonyl (C=O) groups excluding carboxylic acids is 2. The quantitative estimate of drug-likeness (QED) is 0.857. The number of anilines is 1. The van der Waals surface area contributed by atoms with Gasteiger partial charge in [-0.2, -0.15) is 0 Å². The van der Waals surface area contributed by atoms with E-state index >= 15 is 0 Å². The standard InChI is InChI=1S/C17H24N4O3/c1-3-20-7-6-14-4-5-15(11-20)21(14)17(23)19-13-8-12(9-18-10-13)16(22)24-2/h8-10,14-15H,3-7,11H2,1-2H3,(H,19,23). The van der Waals surface area contributed by atoms with Crippen molar-refractivity contribution in [2.45, 2.75) is 38.3 Å². The molecule has 7 heteroatoms. The number of hydrogen-bond acceptors (Lipinski definition) is 5. The number of aromatic nitrogens is 1. The molecule has 2 aliphatic rings. The van der Waals surface area contributed by atoms with Gasteiger partial charge in [0.1, 0.15) is 0 Å². The molecular formula is C17H24N4O3. The summed E-state index contributed by atoms with van der Waals surface area (Å²) in [6, 6.07) is 2.04. The van der Waals surface area contributed by atoms with E-state index < -0.39 is 5.97 Å². The van der Waals surface area contributed by atoms with Crippen LogP contribution in [0.5, 0.6) is 0 Å². The molecule has 0 saturated carbocycles. The number of ether oxygens (including phenoxy) is 1. The summed E-state index contributed by atoms with van der Waals surface area (Å²) in [5, 5.41) is 2.89. The zero-order chi connectivity index (χ0) is 17.1. The summed E-state index contributed by atoms with van der Waals surface area (Å²) < 4.78 is 4.69. The number of fused-ring (bicyclic) bond motifs is 2. The summed E-state index contributed by atoms with van der Waals surface area (Å²) in [4.78, 5) is 32.8. The normalized spacial score (nSPS) is 23.7. The van der Waals surface area contributed by atoms with Gasteiger partial charge in [0.25, 0.3) is 0 Å². The Morgan fingerprint density at radius 2 is 2.08 bits per heavy atom. The van der Waals surface area contributed by atoms with Crippen LogP contribution in [0.3, 0.4) is 0 Å². The summed E-state index contributed by atoms with van der Waals surface area (Å²) in [5.74, 6) is -0.466. The molecular weight excluding hydrogens is 308 g/mol. The summed E-state index contributed by atoms with van der Waals surface area (Å²) in [6.45, 7) is 5.15. The highest BCUT2D eigenvalue weighted by Crippen LogP contribution is 2.30. The molecule has 2 aliphatic heterocycles. The van der Waals surface area contributed by atoms with Crippen molar-refractivity contribution < 1.29 is 14.3 Å². The van der Waals surface area contributed by atoms with Gasteiger partial charge in [0.2, 0.25) is 0 Å². The summed E-state index contributed by atoms with van der Waals surface area (Å²) >= 11 is 0. The van der Waals surface area contributed by atoms with Crippen molar-refractivity contribution in [1.82, 2.24) is 14.8 Å². The predicted octanol–water partition coefficient (Wildman–Crippen LogP) is 1.96. The molecule has 2 atom stereocenters. The molecule has 7 nitrogen and oxygen atoms in total. The monoisotopic (exact) mass is 332 g/mol. The molecule has 2 fully saturated rings. The maximum atomic E-state index is 12.8. The summed E-state index contributed by atoms with van der Waals surface area (Å²) in [6.07, 6.45) is 6.10. The molecule has 3 rings (SSSR count). The number of nitrogens with zero attached hydrogens (tertiary/aromatic N) is 3. The number of rotatable bonds is 3. The fourth-order valence-electron chi connectivity index (χ4n) is 3.69. The minimum atomic E-state index is -0.466. The van der Waals surface area contributed by atoms with Gasteiger partial charge in [-0.05, 0) is 31.9 Å². The van der Waals surface area contributed by atoms with Gasteiger partial charge in [0, 0.05) is 31.4 Å². The molecule has 1 N–H and O–H groups in total. The zero-order valence-electron chi connectivity index (χ0n) is 14.2. The number of likely N-dealkylation sites (tertiary alicyclic amines) is 1. The number of amides is 2. The number of urea groups is 1. The summed E-state index contributed by atoms with van der Waals surface area (Å²) in [7, 11) is 1.32. The second-order valence-corrected chi connectivity index (χ2v) is 6.36. The number of carbonyl (C=O) groups is 2. The van der Waals surface area contributed by atoms with E-state index in [2.05, 4.69) is 26.9 Å². The lowest BCUT2D eigenvalue weighted by Crippen LogP contribution is -2.45. The van der Waals surface area contributed by atoms with Crippen LogP contribution in [0.4, 0.5) is 10.5 Å². The van der Waals surface area contributed by atoms with Crippen molar-refractivity contribution in [2.24, 2.45) is 0 Å². The largest absolute Gasteiger partial charge is 0.465 e. The average Bonchev–Trinajstić information content (AvgIpc) is 2.89. The van der Waals surface area contributed by atoms with E-state index in [0.29, 0.717) is 17.3 Å². The van der Waals surface area contributed by atoms with Gasteiger partial charge in [-0.25, -0.2) is 9.59 Å². The molecule has 130 valence electrons. The first kappa shape index (κ1) is 16.7. The maximum absolute atomic E-state index is 12.8. The van der Waals surface area contributed by atoms with Crippen molar-refractivity contribution in [1.29, 1.82) is 0 Å². The van der Waals surface area contributed by atoms with Gasteiger partial charge in [-0.3, -0.25) is 4.98 Å². The van der Waals surface area contributed by atoms with Gasteiger partial charge in [-0.15, -0.1) is 0 Å². The second-order valence-electron chi connectivity index (χ2n) is 6.36. The smallest absolute Gasteiger partial charge is 0.339 e. The minimum absolute atomic E-state index is 0.107. The molecule has 2 saturated heterocycles. The number of likely N-dealkylation sites (N-methyl/N-ethyl adjacent to an activating group) is 1. The van der Waals surface area contributed by atoms with Gasteiger partial charge >= 0.3 is 12.0 Å². The Labute approximate surface area is 142 Å². The Hall–Kier alpha value is -2.15. The van der Waals surface area contributed by atoms with Gasteiger partial charge < -0.3 is 19.9 Å². The molecule has 3 heterocycles. The highest BCUT2D eigenvalue weighted by molar-refractivity contribution is 5.93. The first-order valence-corrected chi connectivity index (χ1v) is 8.47. The van der Waals surface area contributed by atoms with E-state index in [1.165, 1.54) is 13.3 Å². The van der Waals surface area contributed by atoms with E-state index in [-0.39, 0.29) is 12.1 Å². The van der Waals surface area contributed by atoms with Gasteiger partial charge in [-0.1, -0.05) is 6.92 Å². The van der Waals surface area contributed by atoms with Crippen molar-refractivity contribution in [3.63, 3.8) is 0 Å². The Morgan fingerprint density at radius 1 is 1.29 bits per heavy atom. The third kappa shape index (κ3) is 3.36. The Kier molecular flexibility index (Phi) is 4.99. The first-order chi connectivity index (χ1) is 11.6. The molecule has 0 spiro atoms. The van der Waals surface area contributed by atoms with Crippen LogP contribution in [0.15, 0.2) is 18.5 Å². The lowest BCUT2D eigenvalue weighted by Gasteiger charge is -2.28. The number of esters is 1. The van der Waals surface area contributed by atoms with E-state index in [1.54, 1.807) is 12.3 Å². The third-order valence-corrected chi connectivity index (χ3v) is 4.96. The van der Waals surface area contributed by atoms with Gasteiger partial charge in [0.05, 0.1) is 24.6 Å². The highest BCUT2D eigenvalue weighted by atomic mass is 16.5. The number of nitrogens with one attached hydrogen (secondary N) is 1. The van der Waals surface area contributed by atoms with Crippen LogP contribution in [0.25, 0.3) is 0 Å². The van der Waals surface area contributed by atoms with Crippen LogP contribution in [0.1, 0.15) is 36.5 Å². The van der Waals surface area contributed by atoms with Crippen LogP contribution < -0.4 is 5.32 Å². The maximum Gasteiger partial charge on any atom is 0.339 e. The lowest BCUT2D eigenvalue weighted by molar-refractivity contribution is 0.0600. The number of methoxy groups -OCH3 is 1. The minimum Gasteiger partial charge on any atom is -0.465 e. The first-order valence-electron chi connectivity index (χ1n) is 8.47. The van der Waals surface area contributed by atoms with Crippen molar-refractivity contribution in [3.05, 3.63) is 24.0 Å². The van der Waals surface area contributed by atoms with E-state index in [4.69, 9.17) is 0 Å². The predicted molar refractivity (Wildman–Crippen MR) is 90.0 cm³/mol. The molecule has 24 heavy (non-hydrogen) atoms. The van der Waals surface area contributed by atoms with Crippen molar-refractivity contribution in [3.8, 4) is 0 Å². The molecule has 1 aromatic rings. The van der Waals surface area contributed by atoms with E-state index in [9.17, 15) is 9.59 Å². The summed E-state index contributed by atoms with van der Waals surface area (Å²) in [5.41, 5.74) is 0.838. The van der Waals surface area contributed by atoms with Crippen molar-refractivity contribution in [2.75, 3.05) is 32.1 Å². The fraction of sp³-hybridized carbons (Fsp3) is 0.588. The van der Waals surface area contributed by atoms with Gasteiger partial charge in [0.15, 0.2) is 0 Å². The molecule has 0 radical (unpaired) electrons. The highest BCUT2D eigenvalue weighted by Gasteiger charge is 2.39.